The molecule has 1 saturated heterocycles. The molecular formula is C14H19NO3. The maximum absolute atomic E-state index is 12.3. The fourth-order valence-electron chi connectivity index (χ4n) is 2.19. The van der Waals surface area contributed by atoms with Gasteiger partial charge in [-0.05, 0) is 26.0 Å². The number of amides is 1. The number of rotatable bonds is 2. The van der Waals surface area contributed by atoms with Gasteiger partial charge < -0.3 is 14.7 Å². The van der Waals surface area contributed by atoms with E-state index < -0.39 is 0 Å². The molecule has 2 atom stereocenters. The van der Waals surface area contributed by atoms with Crippen molar-refractivity contribution < 1.29 is 14.6 Å². The standard InChI is InChI=1S/C14H19NO3/c1-10-3-5-12(6-4-10)14(17)15-7-11(2)18-13(8-15)9-16/h3-6,11,13,16H,7-9H2,1-2H3. The van der Waals surface area contributed by atoms with E-state index in [-0.39, 0.29) is 24.7 Å². The van der Waals surface area contributed by atoms with Crippen molar-refractivity contribution in [1.29, 1.82) is 0 Å². The zero-order chi connectivity index (χ0) is 13.1. The van der Waals surface area contributed by atoms with Gasteiger partial charge in [-0.15, -0.1) is 0 Å². The maximum Gasteiger partial charge on any atom is 0.254 e. The van der Waals surface area contributed by atoms with E-state index in [2.05, 4.69) is 0 Å². The third-order valence-corrected chi connectivity index (χ3v) is 3.12. The number of aliphatic hydroxyl groups excluding tert-OH is 1. The molecule has 2 rings (SSSR count). The molecule has 2 unspecified atom stereocenters. The van der Waals surface area contributed by atoms with Gasteiger partial charge in [-0.3, -0.25) is 4.79 Å². The van der Waals surface area contributed by atoms with Crippen molar-refractivity contribution in [2.24, 2.45) is 0 Å². The molecule has 0 bridgehead atoms. The number of nitrogens with zero attached hydrogens (tertiary/aromatic N) is 1. The first kappa shape index (κ1) is 13.1. The van der Waals surface area contributed by atoms with E-state index in [4.69, 9.17) is 9.84 Å². The fraction of sp³-hybridized carbons (Fsp3) is 0.500. The van der Waals surface area contributed by atoms with Crippen LogP contribution in [0.4, 0.5) is 0 Å². The van der Waals surface area contributed by atoms with Crippen molar-refractivity contribution in [3.8, 4) is 0 Å². The van der Waals surface area contributed by atoms with Gasteiger partial charge >= 0.3 is 0 Å². The van der Waals surface area contributed by atoms with Crippen LogP contribution < -0.4 is 0 Å². The van der Waals surface area contributed by atoms with E-state index >= 15 is 0 Å². The molecule has 1 aliphatic heterocycles. The van der Waals surface area contributed by atoms with Crippen LogP contribution in [0.3, 0.4) is 0 Å². The molecule has 0 radical (unpaired) electrons. The smallest absolute Gasteiger partial charge is 0.254 e. The Morgan fingerprint density at radius 1 is 1.39 bits per heavy atom. The number of aliphatic hydroxyl groups is 1. The second-order valence-corrected chi connectivity index (χ2v) is 4.83. The number of hydrogen-bond donors (Lipinski definition) is 1. The number of benzene rings is 1. The molecule has 4 heteroatoms. The SMILES string of the molecule is Cc1ccc(C(=O)N2CC(C)OC(CO)C2)cc1. The molecule has 98 valence electrons. The van der Waals surface area contributed by atoms with Crippen molar-refractivity contribution in [2.75, 3.05) is 19.7 Å². The van der Waals surface area contributed by atoms with Crippen molar-refractivity contribution in [3.63, 3.8) is 0 Å². The molecular weight excluding hydrogens is 230 g/mol. The normalized spacial score (nSPS) is 24.1. The highest BCUT2D eigenvalue weighted by molar-refractivity contribution is 5.94. The third kappa shape index (κ3) is 2.89. The molecule has 1 aromatic carbocycles. The molecule has 0 saturated carbocycles. The van der Waals surface area contributed by atoms with Crippen molar-refractivity contribution in [1.82, 2.24) is 4.90 Å². The van der Waals surface area contributed by atoms with E-state index in [1.165, 1.54) is 0 Å². The number of carbonyl (C=O) groups is 1. The molecule has 1 N–H and O–H groups in total. The summed E-state index contributed by atoms with van der Waals surface area (Å²) in [5, 5.41) is 9.15. The lowest BCUT2D eigenvalue weighted by atomic mass is 10.1. The Morgan fingerprint density at radius 3 is 2.67 bits per heavy atom. The van der Waals surface area contributed by atoms with E-state index in [0.29, 0.717) is 18.7 Å². The monoisotopic (exact) mass is 249 g/mol. The average Bonchev–Trinajstić information content (AvgIpc) is 2.38. The molecule has 0 spiro atoms. The van der Waals surface area contributed by atoms with Crippen molar-refractivity contribution in [2.45, 2.75) is 26.1 Å². The number of carbonyl (C=O) groups excluding carboxylic acids is 1. The molecule has 1 aromatic rings. The summed E-state index contributed by atoms with van der Waals surface area (Å²) in [6.45, 7) is 4.88. The predicted molar refractivity (Wildman–Crippen MR) is 68.5 cm³/mol. The van der Waals surface area contributed by atoms with Crippen LogP contribution >= 0.6 is 0 Å². The van der Waals surface area contributed by atoms with Crippen LogP contribution in [0.1, 0.15) is 22.8 Å². The lowest BCUT2D eigenvalue weighted by Crippen LogP contribution is -2.50. The molecule has 1 heterocycles. The summed E-state index contributed by atoms with van der Waals surface area (Å²) in [7, 11) is 0. The van der Waals surface area contributed by atoms with Gasteiger partial charge in [0, 0.05) is 18.7 Å². The first-order valence-electron chi connectivity index (χ1n) is 6.22. The van der Waals surface area contributed by atoms with Crippen molar-refractivity contribution in [3.05, 3.63) is 35.4 Å². The highest BCUT2D eigenvalue weighted by Gasteiger charge is 2.28. The zero-order valence-corrected chi connectivity index (χ0v) is 10.8. The molecule has 18 heavy (non-hydrogen) atoms. The van der Waals surface area contributed by atoms with Crippen LogP contribution in [0.25, 0.3) is 0 Å². The summed E-state index contributed by atoms with van der Waals surface area (Å²) < 4.78 is 5.53. The maximum atomic E-state index is 12.3. The average molecular weight is 249 g/mol. The van der Waals surface area contributed by atoms with Gasteiger partial charge in [0.15, 0.2) is 0 Å². The molecule has 1 fully saturated rings. The van der Waals surface area contributed by atoms with Gasteiger partial charge in [-0.1, -0.05) is 17.7 Å². The summed E-state index contributed by atoms with van der Waals surface area (Å²) in [4.78, 5) is 14.1. The van der Waals surface area contributed by atoms with Crippen LogP contribution in [0.2, 0.25) is 0 Å². The molecule has 1 amide bonds. The molecule has 0 aliphatic carbocycles. The molecule has 4 nitrogen and oxygen atoms in total. The summed E-state index contributed by atoms with van der Waals surface area (Å²) in [6.07, 6.45) is -0.312. The van der Waals surface area contributed by atoms with E-state index in [1.54, 1.807) is 4.90 Å². The topological polar surface area (TPSA) is 49.8 Å². The highest BCUT2D eigenvalue weighted by Crippen LogP contribution is 2.14. The quantitative estimate of drug-likeness (QED) is 0.857. The number of ether oxygens (including phenoxy) is 1. The molecule has 0 aromatic heterocycles. The third-order valence-electron chi connectivity index (χ3n) is 3.12. The number of aryl methyl sites for hydroxylation is 1. The summed E-state index contributed by atoms with van der Waals surface area (Å²) >= 11 is 0. The van der Waals surface area contributed by atoms with Gasteiger partial charge in [0.1, 0.15) is 0 Å². The Balaban J connectivity index is 2.10. The van der Waals surface area contributed by atoms with Gasteiger partial charge in [0.05, 0.1) is 18.8 Å². The second kappa shape index (κ2) is 5.50. The first-order valence-corrected chi connectivity index (χ1v) is 6.22. The number of morpholine rings is 1. The highest BCUT2D eigenvalue weighted by atomic mass is 16.5. The van der Waals surface area contributed by atoms with Crippen LogP contribution in [0, 0.1) is 6.92 Å². The van der Waals surface area contributed by atoms with Crippen LogP contribution in [0.15, 0.2) is 24.3 Å². The van der Waals surface area contributed by atoms with E-state index in [9.17, 15) is 4.79 Å². The fourth-order valence-corrected chi connectivity index (χ4v) is 2.19. The first-order chi connectivity index (χ1) is 8.60. The molecule has 1 aliphatic rings. The Hall–Kier alpha value is -1.39. The second-order valence-electron chi connectivity index (χ2n) is 4.83. The Bertz CT molecular complexity index is 416. The van der Waals surface area contributed by atoms with Gasteiger partial charge in [-0.25, -0.2) is 0 Å². The lowest BCUT2D eigenvalue weighted by molar-refractivity contribution is -0.0858. The predicted octanol–water partition coefficient (Wildman–Crippen LogP) is 1.22. The Labute approximate surface area is 107 Å². The summed E-state index contributed by atoms with van der Waals surface area (Å²) in [6, 6.07) is 7.54. The largest absolute Gasteiger partial charge is 0.394 e. The Morgan fingerprint density at radius 2 is 2.06 bits per heavy atom. The van der Waals surface area contributed by atoms with Crippen LogP contribution in [0.5, 0.6) is 0 Å². The lowest BCUT2D eigenvalue weighted by Gasteiger charge is -2.36. The van der Waals surface area contributed by atoms with Crippen LogP contribution in [-0.4, -0.2) is 47.8 Å². The van der Waals surface area contributed by atoms with Gasteiger partial charge in [0.25, 0.3) is 5.91 Å². The minimum atomic E-state index is -0.275. The zero-order valence-electron chi connectivity index (χ0n) is 10.8. The minimum absolute atomic E-state index is 0.00333. The van der Waals surface area contributed by atoms with Crippen molar-refractivity contribution >= 4 is 5.91 Å². The van der Waals surface area contributed by atoms with E-state index in [1.807, 2.05) is 38.1 Å². The Kier molecular flexibility index (Phi) is 3.99. The van der Waals surface area contributed by atoms with Gasteiger partial charge in [-0.2, -0.15) is 0 Å². The summed E-state index contributed by atoms with van der Waals surface area (Å²) in [5.74, 6) is 0.00333. The van der Waals surface area contributed by atoms with Crippen LogP contribution in [-0.2, 0) is 4.74 Å². The van der Waals surface area contributed by atoms with Gasteiger partial charge in [0.2, 0.25) is 0 Å². The summed E-state index contributed by atoms with van der Waals surface area (Å²) in [5.41, 5.74) is 1.82. The minimum Gasteiger partial charge on any atom is -0.394 e. The van der Waals surface area contributed by atoms with E-state index in [0.717, 1.165) is 5.56 Å². The number of hydrogen-bond acceptors (Lipinski definition) is 3.